The number of esters is 1. The Kier molecular flexibility index (Phi) is 2.63. The molecule has 1 heterocycles. The quantitative estimate of drug-likeness (QED) is 0.448. The van der Waals surface area contributed by atoms with E-state index in [-0.39, 0.29) is 17.8 Å². The fourth-order valence-corrected chi connectivity index (χ4v) is 1.46. The van der Waals surface area contributed by atoms with E-state index in [0.29, 0.717) is 13.0 Å². The number of aldehydes is 1. The van der Waals surface area contributed by atoms with E-state index < -0.39 is 0 Å². The normalized spacial score (nSPS) is 30.1. The van der Waals surface area contributed by atoms with Crippen LogP contribution in [0, 0.1) is 11.8 Å². The predicted octanol–water partition coefficient (Wildman–Crippen LogP) is 0.775. The molecule has 0 unspecified atom stereocenters. The molecule has 1 rings (SSSR count). The molecule has 62 valence electrons. The van der Waals surface area contributed by atoms with Gasteiger partial charge >= 0.3 is 5.97 Å². The van der Waals surface area contributed by atoms with E-state index in [1.807, 2.05) is 6.92 Å². The molecule has 0 aromatic carbocycles. The Balaban J connectivity index is 2.53. The van der Waals surface area contributed by atoms with Gasteiger partial charge in [0.15, 0.2) is 0 Å². The van der Waals surface area contributed by atoms with Gasteiger partial charge in [0.1, 0.15) is 6.29 Å². The van der Waals surface area contributed by atoms with Crippen molar-refractivity contribution in [3.63, 3.8) is 0 Å². The van der Waals surface area contributed by atoms with E-state index in [2.05, 4.69) is 0 Å². The average molecular weight is 156 g/mol. The van der Waals surface area contributed by atoms with Crippen molar-refractivity contribution in [2.45, 2.75) is 19.8 Å². The maximum absolute atomic E-state index is 11.0. The standard InChI is InChI=1S/C8H12O3/c1-2-7-6(3-4-9)5-11-8(7)10/h4,6-7H,2-3,5H2,1H3/t6-,7+/m1/s1. The van der Waals surface area contributed by atoms with Gasteiger partial charge in [0, 0.05) is 12.3 Å². The topological polar surface area (TPSA) is 43.4 Å². The van der Waals surface area contributed by atoms with E-state index >= 15 is 0 Å². The molecule has 0 aromatic heterocycles. The minimum Gasteiger partial charge on any atom is -0.465 e. The van der Waals surface area contributed by atoms with Gasteiger partial charge < -0.3 is 9.53 Å². The van der Waals surface area contributed by atoms with Crippen LogP contribution in [-0.2, 0) is 14.3 Å². The summed E-state index contributed by atoms with van der Waals surface area (Å²) in [5, 5.41) is 0. The first kappa shape index (κ1) is 8.24. The van der Waals surface area contributed by atoms with Crippen molar-refractivity contribution in [3.05, 3.63) is 0 Å². The van der Waals surface area contributed by atoms with E-state index in [1.54, 1.807) is 0 Å². The van der Waals surface area contributed by atoms with Gasteiger partial charge in [-0.25, -0.2) is 0 Å². The molecule has 0 aliphatic carbocycles. The monoisotopic (exact) mass is 156 g/mol. The predicted molar refractivity (Wildman–Crippen MR) is 38.9 cm³/mol. The summed E-state index contributed by atoms with van der Waals surface area (Å²) in [6.45, 7) is 2.37. The molecule has 0 spiro atoms. The SMILES string of the molecule is CC[C@@H]1C(=O)OC[C@H]1CC=O. The first-order valence-electron chi connectivity index (χ1n) is 3.89. The maximum atomic E-state index is 11.0. The molecule has 1 aliphatic rings. The minimum atomic E-state index is -0.139. The highest BCUT2D eigenvalue weighted by Gasteiger charge is 2.34. The molecule has 0 saturated carbocycles. The molecule has 2 atom stereocenters. The highest BCUT2D eigenvalue weighted by Crippen LogP contribution is 2.26. The number of ether oxygens (including phenoxy) is 1. The van der Waals surface area contributed by atoms with Gasteiger partial charge in [0.2, 0.25) is 0 Å². The van der Waals surface area contributed by atoms with Gasteiger partial charge in [0.05, 0.1) is 12.5 Å². The molecule has 1 fully saturated rings. The van der Waals surface area contributed by atoms with Crippen LogP contribution in [0.4, 0.5) is 0 Å². The van der Waals surface area contributed by atoms with Crippen LogP contribution in [0.25, 0.3) is 0 Å². The van der Waals surface area contributed by atoms with Gasteiger partial charge in [0.25, 0.3) is 0 Å². The van der Waals surface area contributed by atoms with E-state index in [9.17, 15) is 9.59 Å². The lowest BCUT2D eigenvalue weighted by molar-refractivity contribution is -0.141. The summed E-state index contributed by atoms with van der Waals surface area (Å²) >= 11 is 0. The molecule has 3 heteroatoms. The van der Waals surface area contributed by atoms with Crippen molar-refractivity contribution in [1.29, 1.82) is 0 Å². The molecule has 1 saturated heterocycles. The fourth-order valence-electron chi connectivity index (χ4n) is 1.46. The molecule has 11 heavy (non-hydrogen) atoms. The second-order valence-corrected chi connectivity index (χ2v) is 2.81. The Morgan fingerprint density at radius 1 is 1.73 bits per heavy atom. The fraction of sp³-hybridized carbons (Fsp3) is 0.750. The molecule has 0 bridgehead atoms. The van der Waals surface area contributed by atoms with Crippen molar-refractivity contribution in [1.82, 2.24) is 0 Å². The van der Waals surface area contributed by atoms with Crippen LogP contribution in [-0.4, -0.2) is 18.9 Å². The first-order chi connectivity index (χ1) is 5.29. The zero-order valence-corrected chi connectivity index (χ0v) is 6.58. The largest absolute Gasteiger partial charge is 0.465 e. The number of carbonyl (C=O) groups excluding carboxylic acids is 2. The molecule has 1 aliphatic heterocycles. The highest BCUT2D eigenvalue weighted by atomic mass is 16.5. The summed E-state index contributed by atoms with van der Waals surface area (Å²) in [7, 11) is 0. The second-order valence-electron chi connectivity index (χ2n) is 2.81. The van der Waals surface area contributed by atoms with Crippen molar-refractivity contribution in [2.75, 3.05) is 6.61 Å². The maximum Gasteiger partial charge on any atom is 0.309 e. The third-order valence-corrected chi connectivity index (χ3v) is 2.15. The summed E-state index contributed by atoms with van der Waals surface area (Å²) in [6.07, 6.45) is 2.08. The lowest BCUT2D eigenvalue weighted by Crippen LogP contribution is -2.15. The van der Waals surface area contributed by atoms with Crippen LogP contribution >= 0.6 is 0 Å². The molecule has 0 aromatic rings. The summed E-state index contributed by atoms with van der Waals surface area (Å²) in [6, 6.07) is 0. The zero-order valence-electron chi connectivity index (χ0n) is 6.58. The van der Waals surface area contributed by atoms with E-state index in [1.165, 1.54) is 0 Å². The molecule has 3 nitrogen and oxygen atoms in total. The Morgan fingerprint density at radius 3 is 3.00 bits per heavy atom. The van der Waals surface area contributed by atoms with Gasteiger partial charge in [-0.15, -0.1) is 0 Å². The highest BCUT2D eigenvalue weighted by molar-refractivity contribution is 5.75. The molecule has 0 radical (unpaired) electrons. The molecular weight excluding hydrogens is 144 g/mol. The number of carbonyl (C=O) groups is 2. The second kappa shape index (κ2) is 3.51. The van der Waals surface area contributed by atoms with E-state index in [0.717, 1.165) is 12.7 Å². The summed E-state index contributed by atoms with van der Waals surface area (Å²) in [5.74, 6) is -0.0513. The van der Waals surface area contributed by atoms with Crippen molar-refractivity contribution in [3.8, 4) is 0 Å². The van der Waals surface area contributed by atoms with Gasteiger partial charge in [-0.2, -0.15) is 0 Å². The molecule has 0 amide bonds. The number of hydrogen-bond donors (Lipinski definition) is 0. The third kappa shape index (κ3) is 1.59. The van der Waals surface area contributed by atoms with Crippen molar-refractivity contribution >= 4 is 12.3 Å². The van der Waals surface area contributed by atoms with Crippen molar-refractivity contribution < 1.29 is 14.3 Å². The Morgan fingerprint density at radius 2 is 2.45 bits per heavy atom. The van der Waals surface area contributed by atoms with Crippen LogP contribution in [0.15, 0.2) is 0 Å². The van der Waals surface area contributed by atoms with Gasteiger partial charge in [-0.3, -0.25) is 4.79 Å². The number of rotatable bonds is 3. The minimum absolute atomic E-state index is 0.0415. The molecule has 0 N–H and O–H groups in total. The van der Waals surface area contributed by atoms with Crippen LogP contribution in [0.3, 0.4) is 0 Å². The smallest absolute Gasteiger partial charge is 0.309 e. The van der Waals surface area contributed by atoms with Crippen LogP contribution < -0.4 is 0 Å². The summed E-state index contributed by atoms with van der Waals surface area (Å²) in [4.78, 5) is 21.1. The van der Waals surface area contributed by atoms with Gasteiger partial charge in [-0.05, 0) is 6.42 Å². The summed E-state index contributed by atoms with van der Waals surface area (Å²) < 4.78 is 4.82. The van der Waals surface area contributed by atoms with Gasteiger partial charge in [-0.1, -0.05) is 6.92 Å². The lowest BCUT2D eigenvalue weighted by Gasteiger charge is -2.07. The van der Waals surface area contributed by atoms with Crippen LogP contribution in [0.5, 0.6) is 0 Å². The Bertz CT molecular complexity index is 165. The average Bonchev–Trinajstić information content (AvgIpc) is 2.33. The van der Waals surface area contributed by atoms with Crippen LogP contribution in [0.1, 0.15) is 19.8 Å². The first-order valence-corrected chi connectivity index (χ1v) is 3.89. The zero-order chi connectivity index (χ0) is 8.27. The number of hydrogen-bond acceptors (Lipinski definition) is 3. The Labute approximate surface area is 65.7 Å². The lowest BCUT2D eigenvalue weighted by atomic mass is 9.91. The van der Waals surface area contributed by atoms with E-state index in [4.69, 9.17) is 4.74 Å². The van der Waals surface area contributed by atoms with Crippen LogP contribution in [0.2, 0.25) is 0 Å². The van der Waals surface area contributed by atoms with Crippen molar-refractivity contribution in [2.24, 2.45) is 11.8 Å². The summed E-state index contributed by atoms with van der Waals surface area (Å²) in [5.41, 5.74) is 0. The number of cyclic esters (lactones) is 1. The molecular formula is C8H12O3. The third-order valence-electron chi connectivity index (χ3n) is 2.15. The Hall–Kier alpha value is -0.860.